The molecule has 2 heterocycles. The van der Waals surface area contributed by atoms with Gasteiger partial charge >= 0.3 is 0 Å². The Morgan fingerprint density at radius 1 is 0.123 bits per heavy atom. The average molecular weight is 1780 g/mol. The van der Waals surface area contributed by atoms with Crippen molar-refractivity contribution in [2.24, 2.45) is 0 Å². The third kappa shape index (κ3) is 16.9. The third-order valence-electron chi connectivity index (χ3n) is 29.0. The smallest absolute Gasteiger partial charge is 0.0541 e. The Labute approximate surface area is 815 Å². The quantitative estimate of drug-likeness (QED) is 0.108. The summed E-state index contributed by atoms with van der Waals surface area (Å²) in [5.74, 6) is 0. The average Bonchev–Trinajstić information content (AvgIpc) is 1.18. The second kappa shape index (κ2) is 34.7. The van der Waals surface area contributed by atoms with E-state index in [1.807, 2.05) is 0 Å². The summed E-state index contributed by atoms with van der Waals surface area (Å²) in [6.07, 6.45) is 0. The van der Waals surface area contributed by atoms with Crippen LogP contribution < -0.4 is 0 Å². The fourth-order valence-electron chi connectivity index (χ4n) is 20.9. The lowest BCUT2D eigenvalue weighted by Crippen LogP contribution is -2.11. The zero-order valence-electron chi connectivity index (χ0n) is 83.2. The van der Waals surface area contributed by atoms with Crippen molar-refractivity contribution < 1.29 is 0 Å². The lowest BCUT2D eigenvalue weighted by Gasteiger charge is -2.25. The molecule has 0 unspecified atom stereocenters. The van der Waals surface area contributed by atoms with Crippen LogP contribution in [-0.4, -0.2) is 9.13 Å². The van der Waals surface area contributed by atoms with Crippen LogP contribution in [0.3, 0.4) is 0 Å². The van der Waals surface area contributed by atoms with Crippen LogP contribution in [0, 0.1) is 0 Å². The van der Waals surface area contributed by atoms with E-state index in [2.05, 4.69) is 546 Å². The van der Waals surface area contributed by atoms with Gasteiger partial charge in [0.05, 0.1) is 22.1 Å². The van der Waals surface area contributed by atoms with E-state index in [0.717, 1.165) is 0 Å². The highest BCUT2D eigenvalue weighted by Crippen LogP contribution is 2.51. The number of para-hydroxylation sites is 2. The summed E-state index contributed by atoms with van der Waals surface area (Å²) in [7, 11) is 0. The molecule has 0 saturated heterocycles. The highest BCUT2D eigenvalue weighted by Gasteiger charge is 2.29. The predicted octanol–water partition coefficient (Wildman–Crippen LogP) is 38.6. The van der Waals surface area contributed by atoms with Crippen LogP contribution in [0.2, 0.25) is 0 Å². The Balaban J connectivity index is 0.000000167. The Bertz CT molecular complexity index is 8400. The molecule has 0 saturated carbocycles. The molecule has 0 spiro atoms. The second-order valence-corrected chi connectivity index (χ2v) is 44.5. The van der Waals surface area contributed by atoms with E-state index in [4.69, 9.17) is 0 Å². The van der Waals surface area contributed by atoms with Crippen molar-refractivity contribution >= 4 is 86.7 Å². The van der Waals surface area contributed by atoms with Gasteiger partial charge in [-0.3, -0.25) is 0 Å². The molecule has 22 aromatic rings. The Morgan fingerprint density at radius 2 is 0.283 bits per heavy atom. The maximum absolute atomic E-state index is 2.47. The second-order valence-electron chi connectivity index (χ2n) is 44.5. The molecule has 138 heavy (non-hydrogen) atoms. The fourth-order valence-corrected chi connectivity index (χ4v) is 20.9. The number of hydrogen-bond donors (Lipinski definition) is 0. The predicted molar refractivity (Wildman–Crippen MR) is 598 cm³/mol. The van der Waals surface area contributed by atoms with Gasteiger partial charge in [0, 0.05) is 32.9 Å². The highest BCUT2D eigenvalue weighted by atomic mass is 15.0. The first-order valence-electron chi connectivity index (χ1n) is 49.3. The maximum atomic E-state index is 2.47. The Morgan fingerprint density at radius 3 is 0.514 bits per heavy atom. The van der Waals surface area contributed by atoms with E-state index < -0.39 is 0 Å². The molecule has 0 aliphatic heterocycles. The summed E-state index contributed by atoms with van der Waals surface area (Å²) in [5, 5.41) is 15.4. The van der Waals surface area contributed by atoms with Crippen molar-refractivity contribution in [1.29, 1.82) is 0 Å². The number of rotatable bonds is 12. The molecular formula is C136H122N2. The molecule has 22 rings (SSSR count). The van der Waals surface area contributed by atoms with Crippen LogP contribution in [-0.2, 0) is 32.5 Å². The van der Waals surface area contributed by atoms with Gasteiger partial charge in [-0.2, -0.15) is 0 Å². The zero-order valence-corrected chi connectivity index (χ0v) is 83.2. The van der Waals surface area contributed by atoms with E-state index in [1.54, 1.807) is 0 Å². The van der Waals surface area contributed by atoms with E-state index in [1.165, 1.54) is 243 Å². The van der Waals surface area contributed by atoms with E-state index in [9.17, 15) is 0 Å². The van der Waals surface area contributed by atoms with Crippen molar-refractivity contribution in [2.75, 3.05) is 0 Å². The highest BCUT2D eigenvalue weighted by molar-refractivity contribution is 6.24. The van der Waals surface area contributed by atoms with Gasteiger partial charge in [-0.1, -0.05) is 440 Å². The number of fused-ring (bicyclic) bond motifs is 10. The topological polar surface area (TPSA) is 9.86 Å². The maximum Gasteiger partial charge on any atom is 0.0541 e. The van der Waals surface area contributed by atoms with Crippen LogP contribution in [0.4, 0.5) is 0 Å². The van der Waals surface area contributed by atoms with Crippen molar-refractivity contribution in [3.05, 3.63) is 446 Å². The standard InChI is InChI=1S/C74H65N.C62H57N/c1-72(2,3)58-38-41-63-66(46-58)70(55-32-28-52(29-33-55)50-22-20-49(21-23-50)48-16-12-10-13-17-48)62-40-37-59(73(4,5)6)47-67(62)71(63)56-34-30-53(31-35-56)51-24-26-54(27-25-51)57-36-42-68-64(44-57)65-45-60(74(7,8)9)39-43-69(65)75(68)61-18-14-11-15-19-61;1-60(2,3)46-30-33-51-54(38-46)58(43-16-12-10-13-17-43)50-32-29-47(61(4,5)6)39-55(50)59(51)44-26-24-41(25-27-44)40-20-22-42(23-21-40)45-28-34-56-52(36-45)53-37-48(62(7,8)9)31-35-57(53)63(56)49-18-14-11-15-19-49/h10-47H,1-9H3;10-39H,1-9H3. The molecular weight excluding hydrogens is 1660 g/mol. The minimum atomic E-state index is -0.0208. The molecule has 0 radical (unpaired) electrons. The number of nitrogens with zero attached hydrogens (tertiary/aromatic N) is 2. The first-order valence-corrected chi connectivity index (χ1v) is 49.3. The summed E-state index contributed by atoms with van der Waals surface area (Å²) >= 11 is 0. The molecule has 0 amide bonds. The van der Waals surface area contributed by atoms with Gasteiger partial charge < -0.3 is 9.13 Å². The summed E-state index contributed by atoms with van der Waals surface area (Å²) in [6, 6.07) is 155. The molecule has 0 atom stereocenters. The molecule has 2 aromatic heterocycles. The van der Waals surface area contributed by atoms with Crippen molar-refractivity contribution in [3.63, 3.8) is 0 Å². The molecule has 20 aromatic carbocycles. The molecule has 0 N–H and O–H groups in total. The van der Waals surface area contributed by atoms with Gasteiger partial charge in [-0.15, -0.1) is 0 Å². The van der Waals surface area contributed by atoms with Crippen molar-refractivity contribution in [1.82, 2.24) is 9.13 Å². The van der Waals surface area contributed by atoms with Gasteiger partial charge in [-0.25, -0.2) is 0 Å². The van der Waals surface area contributed by atoms with E-state index in [-0.39, 0.29) is 32.5 Å². The summed E-state index contributed by atoms with van der Waals surface area (Å²) in [4.78, 5) is 0. The number of benzene rings is 20. The van der Waals surface area contributed by atoms with Crippen LogP contribution in [0.15, 0.2) is 413 Å². The Kier molecular flexibility index (Phi) is 22.5. The van der Waals surface area contributed by atoms with Crippen LogP contribution >= 0.6 is 0 Å². The number of aromatic nitrogens is 2. The first kappa shape index (κ1) is 89.6. The Hall–Kier alpha value is -15.0. The molecule has 0 fully saturated rings. The van der Waals surface area contributed by atoms with Crippen LogP contribution in [0.25, 0.3) is 209 Å². The third-order valence-corrected chi connectivity index (χ3v) is 29.0. The SMILES string of the molecule is CC(C)(C)c1ccc2c(-c3ccc(-c4ccc(-c5ccc6c(c5)c5cc(C(C)(C)C)ccc5n6-c5ccccc5)cc4)cc3)c3cc(C(C)(C)C)ccc3c(-c3ccc(-c4ccc(-c5ccccc5)cc4)cc3)c2c1.CC(C)(C)c1ccc2c(-c3ccc(-c4ccc(-c5ccc6c(c5)c5cc(C(C)(C)C)ccc5n6-c5ccccc5)cc4)cc3)c3cc(C(C)(C)C)ccc3c(-c3ccccc3)c2c1. The molecule has 0 bridgehead atoms. The minimum absolute atomic E-state index is 0.0159. The summed E-state index contributed by atoms with van der Waals surface area (Å²) in [6.45, 7) is 41.6. The van der Waals surface area contributed by atoms with Crippen molar-refractivity contribution in [2.45, 2.75) is 157 Å². The number of hydrogen-bond acceptors (Lipinski definition) is 0. The first-order chi connectivity index (χ1) is 66.2. The van der Waals surface area contributed by atoms with Crippen LogP contribution in [0.1, 0.15) is 158 Å². The van der Waals surface area contributed by atoms with Gasteiger partial charge in [0.1, 0.15) is 0 Å². The van der Waals surface area contributed by atoms with Gasteiger partial charge in [0.25, 0.3) is 0 Å². The lowest BCUT2D eigenvalue weighted by atomic mass is 9.79. The summed E-state index contributed by atoms with van der Waals surface area (Å²) in [5.41, 5.74) is 40.1. The van der Waals surface area contributed by atoms with E-state index in [0.29, 0.717) is 0 Å². The van der Waals surface area contributed by atoms with Gasteiger partial charge in [0.15, 0.2) is 0 Å². The minimum Gasteiger partial charge on any atom is -0.309 e. The largest absolute Gasteiger partial charge is 0.309 e. The molecule has 0 aliphatic rings. The van der Waals surface area contributed by atoms with Gasteiger partial charge in [0.2, 0.25) is 0 Å². The fraction of sp³-hybridized carbons (Fsp3) is 0.176. The van der Waals surface area contributed by atoms with Crippen LogP contribution in [0.5, 0.6) is 0 Å². The van der Waals surface area contributed by atoms with E-state index >= 15 is 0 Å². The lowest BCUT2D eigenvalue weighted by molar-refractivity contribution is 0.590. The molecule has 0 aliphatic carbocycles. The molecule has 2 nitrogen and oxygen atoms in total. The molecule has 2 heteroatoms. The zero-order chi connectivity index (χ0) is 95.6. The van der Waals surface area contributed by atoms with Gasteiger partial charge in [-0.05, 0) is 317 Å². The molecule has 676 valence electrons. The monoisotopic (exact) mass is 1780 g/mol. The summed E-state index contributed by atoms with van der Waals surface area (Å²) < 4.78 is 4.82. The normalized spacial score (nSPS) is 12.4. The van der Waals surface area contributed by atoms with Crippen molar-refractivity contribution in [3.8, 4) is 123 Å².